The molecule has 0 radical (unpaired) electrons. The molecule has 0 bridgehead atoms. The Balaban J connectivity index is 2.44. The number of amides is 2. The van der Waals surface area contributed by atoms with Gasteiger partial charge in [0.05, 0.1) is 0 Å². The highest BCUT2D eigenvalue weighted by atomic mass is 19.1. The minimum atomic E-state index is -0.675. The minimum absolute atomic E-state index is 0.327. The lowest BCUT2D eigenvalue weighted by atomic mass is 10.1. The number of carbonyl (C=O) groups excluding carboxylic acids is 2. The van der Waals surface area contributed by atoms with Crippen molar-refractivity contribution in [1.82, 2.24) is 10.8 Å². The van der Waals surface area contributed by atoms with E-state index in [0.717, 1.165) is 0 Å². The fourth-order valence-electron chi connectivity index (χ4n) is 2.26. The van der Waals surface area contributed by atoms with Crippen molar-refractivity contribution in [2.75, 3.05) is 11.9 Å². The van der Waals surface area contributed by atoms with Gasteiger partial charge in [-0.15, -0.1) is 0 Å². The van der Waals surface area contributed by atoms with Crippen LogP contribution < -0.4 is 16.1 Å². The SMILES string of the molecule is Cc1cc(N[C@H](CCCCNC(=O)OC(C)(C)C)C(=O)NO)ccc1F. The first-order chi connectivity index (χ1) is 12.1. The highest BCUT2D eigenvalue weighted by Gasteiger charge is 2.18. The number of anilines is 1. The minimum Gasteiger partial charge on any atom is -0.444 e. The molecule has 0 aliphatic rings. The topological polar surface area (TPSA) is 99.7 Å². The van der Waals surface area contributed by atoms with Crippen LogP contribution in [0.1, 0.15) is 45.6 Å². The van der Waals surface area contributed by atoms with E-state index in [-0.39, 0.29) is 5.82 Å². The molecule has 1 aromatic rings. The zero-order valence-corrected chi connectivity index (χ0v) is 15.7. The molecule has 4 N–H and O–H groups in total. The Kier molecular flexibility index (Phi) is 8.31. The number of hydrogen-bond acceptors (Lipinski definition) is 5. The van der Waals surface area contributed by atoms with Crippen LogP contribution in [0.4, 0.5) is 14.9 Å². The first kappa shape index (κ1) is 21.7. The van der Waals surface area contributed by atoms with Gasteiger partial charge in [-0.25, -0.2) is 14.7 Å². The van der Waals surface area contributed by atoms with Gasteiger partial charge in [0, 0.05) is 12.2 Å². The summed E-state index contributed by atoms with van der Waals surface area (Å²) in [7, 11) is 0. The normalized spacial score (nSPS) is 12.2. The van der Waals surface area contributed by atoms with Crippen molar-refractivity contribution in [2.24, 2.45) is 0 Å². The summed E-state index contributed by atoms with van der Waals surface area (Å²) in [5.74, 6) is -0.904. The van der Waals surface area contributed by atoms with Gasteiger partial charge >= 0.3 is 6.09 Å². The second-order valence-corrected chi connectivity index (χ2v) is 7.06. The van der Waals surface area contributed by atoms with Crippen LogP contribution in [-0.4, -0.2) is 35.4 Å². The van der Waals surface area contributed by atoms with Gasteiger partial charge in [-0.3, -0.25) is 10.0 Å². The predicted octanol–water partition coefficient (Wildman–Crippen LogP) is 3.12. The number of ether oxygens (including phenoxy) is 1. The van der Waals surface area contributed by atoms with Crippen LogP contribution >= 0.6 is 0 Å². The molecular weight excluding hydrogens is 341 g/mol. The maximum atomic E-state index is 13.3. The second-order valence-electron chi connectivity index (χ2n) is 7.06. The van der Waals surface area contributed by atoms with Crippen molar-refractivity contribution in [3.63, 3.8) is 0 Å². The van der Waals surface area contributed by atoms with E-state index >= 15 is 0 Å². The van der Waals surface area contributed by atoms with Crippen molar-refractivity contribution >= 4 is 17.7 Å². The highest BCUT2D eigenvalue weighted by molar-refractivity contribution is 5.83. The van der Waals surface area contributed by atoms with Crippen LogP contribution in [0.25, 0.3) is 0 Å². The lowest BCUT2D eigenvalue weighted by Gasteiger charge is -2.20. The molecule has 0 aromatic heterocycles. The molecule has 0 heterocycles. The number of alkyl carbamates (subject to hydrolysis) is 1. The third-order valence-corrected chi connectivity index (χ3v) is 3.51. The van der Waals surface area contributed by atoms with Crippen molar-refractivity contribution in [2.45, 2.75) is 58.6 Å². The summed E-state index contributed by atoms with van der Waals surface area (Å²) < 4.78 is 18.5. The number of rotatable bonds is 8. The molecule has 0 saturated carbocycles. The van der Waals surface area contributed by atoms with E-state index < -0.39 is 23.6 Å². The van der Waals surface area contributed by atoms with E-state index in [9.17, 15) is 14.0 Å². The maximum absolute atomic E-state index is 13.3. The number of halogens is 1. The fraction of sp³-hybridized carbons (Fsp3) is 0.556. The largest absolute Gasteiger partial charge is 0.444 e. The summed E-state index contributed by atoms with van der Waals surface area (Å²) >= 11 is 0. The van der Waals surface area contributed by atoms with Gasteiger partial charge in [0.25, 0.3) is 5.91 Å². The Morgan fingerprint density at radius 3 is 2.54 bits per heavy atom. The summed E-state index contributed by atoms with van der Waals surface area (Å²) in [5, 5.41) is 14.5. The highest BCUT2D eigenvalue weighted by Crippen LogP contribution is 2.16. The monoisotopic (exact) mass is 369 g/mol. The molecule has 0 spiro atoms. The molecule has 0 aliphatic carbocycles. The molecule has 2 amide bonds. The Morgan fingerprint density at radius 1 is 1.27 bits per heavy atom. The molecule has 8 heteroatoms. The average Bonchev–Trinajstić information content (AvgIpc) is 2.54. The zero-order valence-electron chi connectivity index (χ0n) is 15.7. The van der Waals surface area contributed by atoms with E-state index in [1.54, 1.807) is 39.2 Å². The molecule has 1 aromatic carbocycles. The molecule has 7 nitrogen and oxygen atoms in total. The van der Waals surface area contributed by atoms with Crippen molar-refractivity contribution in [3.05, 3.63) is 29.6 Å². The summed E-state index contributed by atoms with van der Waals surface area (Å²) in [5.41, 5.74) is 2.13. The van der Waals surface area contributed by atoms with Crippen LogP contribution in [0, 0.1) is 12.7 Å². The van der Waals surface area contributed by atoms with Crippen molar-refractivity contribution < 1.29 is 23.9 Å². The van der Waals surface area contributed by atoms with Gasteiger partial charge in [-0.05, 0) is 70.7 Å². The summed E-state index contributed by atoms with van der Waals surface area (Å²) in [6.07, 6.45) is 1.21. The standard InChI is InChI=1S/C18H28FN3O4/c1-12-11-13(8-9-14(12)19)21-15(16(23)22-25)7-5-6-10-20-17(24)26-18(2,3)4/h8-9,11,15,21,25H,5-7,10H2,1-4H3,(H,20,24)(H,22,23)/t15-/m1/s1. The van der Waals surface area contributed by atoms with Crippen LogP contribution in [0.2, 0.25) is 0 Å². The van der Waals surface area contributed by atoms with Crippen LogP contribution in [0.5, 0.6) is 0 Å². The molecule has 0 saturated heterocycles. The first-order valence-corrected chi connectivity index (χ1v) is 8.56. The Labute approximate surface area is 153 Å². The smallest absolute Gasteiger partial charge is 0.407 e. The van der Waals surface area contributed by atoms with E-state index in [4.69, 9.17) is 9.94 Å². The van der Waals surface area contributed by atoms with E-state index in [2.05, 4.69) is 10.6 Å². The van der Waals surface area contributed by atoms with Crippen molar-refractivity contribution in [1.29, 1.82) is 0 Å². The Hall–Kier alpha value is -2.35. The molecule has 1 rings (SSSR count). The fourth-order valence-corrected chi connectivity index (χ4v) is 2.26. The van der Waals surface area contributed by atoms with E-state index in [1.807, 2.05) is 0 Å². The average molecular weight is 369 g/mol. The Bertz CT molecular complexity index is 617. The van der Waals surface area contributed by atoms with Gasteiger partial charge in [0.15, 0.2) is 0 Å². The number of nitrogens with one attached hydrogen (secondary N) is 3. The molecule has 0 unspecified atom stereocenters. The molecular formula is C18H28FN3O4. The summed E-state index contributed by atoms with van der Waals surface area (Å²) in [4.78, 5) is 23.3. The number of hydroxylamine groups is 1. The van der Waals surface area contributed by atoms with Gasteiger partial charge in [0.1, 0.15) is 17.5 Å². The predicted molar refractivity (Wildman–Crippen MR) is 96.6 cm³/mol. The van der Waals surface area contributed by atoms with Crippen molar-refractivity contribution in [3.8, 4) is 0 Å². The van der Waals surface area contributed by atoms with E-state index in [0.29, 0.717) is 37.1 Å². The first-order valence-electron chi connectivity index (χ1n) is 8.56. The van der Waals surface area contributed by atoms with Gasteiger partial charge in [0.2, 0.25) is 0 Å². The summed E-state index contributed by atoms with van der Waals surface area (Å²) in [6.45, 7) is 7.40. The lowest BCUT2D eigenvalue weighted by molar-refractivity contribution is -0.130. The van der Waals surface area contributed by atoms with Crippen LogP contribution in [0.15, 0.2) is 18.2 Å². The van der Waals surface area contributed by atoms with Gasteiger partial charge in [-0.1, -0.05) is 0 Å². The third kappa shape index (κ3) is 8.15. The third-order valence-electron chi connectivity index (χ3n) is 3.51. The lowest BCUT2D eigenvalue weighted by Crippen LogP contribution is -2.38. The number of aryl methyl sites for hydroxylation is 1. The number of carbonyl (C=O) groups is 2. The Morgan fingerprint density at radius 2 is 1.96 bits per heavy atom. The van der Waals surface area contributed by atoms with Crippen LogP contribution in [0.3, 0.4) is 0 Å². The quantitative estimate of drug-likeness (QED) is 0.321. The van der Waals surface area contributed by atoms with Crippen LogP contribution in [-0.2, 0) is 9.53 Å². The number of unbranched alkanes of at least 4 members (excludes halogenated alkanes) is 1. The van der Waals surface area contributed by atoms with E-state index in [1.165, 1.54) is 12.1 Å². The maximum Gasteiger partial charge on any atom is 0.407 e. The zero-order chi connectivity index (χ0) is 19.7. The van der Waals surface area contributed by atoms with Gasteiger partial charge < -0.3 is 15.4 Å². The summed E-state index contributed by atoms with van der Waals surface area (Å²) in [6, 6.07) is 3.77. The molecule has 1 atom stereocenters. The molecule has 0 fully saturated rings. The molecule has 146 valence electrons. The molecule has 26 heavy (non-hydrogen) atoms. The molecule has 0 aliphatic heterocycles. The number of hydrogen-bond donors (Lipinski definition) is 4. The van der Waals surface area contributed by atoms with Gasteiger partial charge in [-0.2, -0.15) is 0 Å². The number of benzene rings is 1. The second kappa shape index (κ2) is 9.96.